The van der Waals surface area contributed by atoms with Crippen molar-refractivity contribution in [2.45, 2.75) is 6.92 Å². The van der Waals surface area contributed by atoms with Gasteiger partial charge in [-0.1, -0.05) is 41.4 Å². The molecule has 3 rings (SSSR count). The summed E-state index contributed by atoms with van der Waals surface area (Å²) in [7, 11) is 0. The molecule has 2 aromatic heterocycles. The summed E-state index contributed by atoms with van der Waals surface area (Å²) in [6.45, 7) is 1.99. The Balaban J connectivity index is 2.23. The number of aromatic nitrogens is 2. The van der Waals surface area contributed by atoms with Gasteiger partial charge in [0.1, 0.15) is 0 Å². The summed E-state index contributed by atoms with van der Waals surface area (Å²) in [5.41, 5.74) is 2.99. The van der Waals surface area contributed by atoms with Crippen LogP contribution >= 0.6 is 11.6 Å². The van der Waals surface area contributed by atoms with Crippen LogP contribution in [0.5, 0.6) is 0 Å². The first-order valence-corrected chi connectivity index (χ1v) is 7.08. The van der Waals surface area contributed by atoms with Gasteiger partial charge in [-0.05, 0) is 25.1 Å². The first-order valence-electron chi connectivity index (χ1n) is 6.70. The summed E-state index contributed by atoms with van der Waals surface area (Å²) in [6.07, 6.45) is 3.62. The fourth-order valence-electron chi connectivity index (χ4n) is 2.21. The van der Waals surface area contributed by atoms with Gasteiger partial charge in [0.05, 0.1) is 16.4 Å². The molecule has 0 aliphatic carbocycles. The van der Waals surface area contributed by atoms with Gasteiger partial charge in [0.15, 0.2) is 5.69 Å². The molecule has 110 valence electrons. The van der Waals surface area contributed by atoms with Crippen molar-refractivity contribution in [3.8, 4) is 16.9 Å². The molecule has 0 radical (unpaired) electrons. The van der Waals surface area contributed by atoms with E-state index in [0.29, 0.717) is 11.4 Å². The summed E-state index contributed by atoms with van der Waals surface area (Å²) in [6, 6.07) is 13.2. The van der Waals surface area contributed by atoms with Gasteiger partial charge in [-0.3, -0.25) is 0 Å². The minimum atomic E-state index is -1.15. The number of pyridine rings is 1. The summed E-state index contributed by atoms with van der Waals surface area (Å²) in [4.78, 5) is 15.6. The third kappa shape index (κ3) is 2.61. The maximum Gasteiger partial charge on any atom is 0.356 e. The van der Waals surface area contributed by atoms with E-state index in [4.69, 9.17) is 11.6 Å². The van der Waals surface area contributed by atoms with Gasteiger partial charge >= 0.3 is 5.97 Å². The van der Waals surface area contributed by atoms with E-state index in [2.05, 4.69) is 4.98 Å². The van der Waals surface area contributed by atoms with Gasteiger partial charge in [0.25, 0.3) is 0 Å². The number of rotatable bonds is 3. The van der Waals surface area contributed by atoms with E-state index >= 15 is 0 Å². The van der Waals surface area contributed by atoms with Crippen molar-refractivity contribution in [2.75, 3.05) is 0 Å². The zero-order valence-electron chi connectivity index (χ0n) is 11.8. The van der Waals surface area contributed by atoms with E-state index in [0.717, 1.165) is 11.1 Å². The lowest BCUT2D eigenvalue weighted by atomic mass is 10.1. The first kappa shape index (κ1) is 14.4. The Morgan fingerprint density at radius 2 is 1.82 bits per heavy atom. The van der Waals surface area contributed by atoms with Crippen LogP contribution in [0.3, 0.4) is 0 Å². The van der Waals surface area contributed by atoms with Crippen molar-refractivity contribution in [3.05, 3.63) is 71.1 Å². The van der Waals surface area contributed by atoms with E-state index in [-0.39, 0.29) is 10.7 Å². The SMILES string of the molecule is Cc1ccc(-c2cc(-n3cccc3)c(Cl)c(C(=O)O)n2)cc1. The molecule has 3 aromatic rings. The Bertz CT molecular complexity index is 825. The molecule has 0 amide bonds. The molecule has 0 saturated carbocycles. The summed E-state index contributed by atoms with van der Waals surface area (Å²) in [5.74, 6) is -1.15. The van der Waals surface area contributed by atoms with Crippen LogP contribution in [-0.4, -0.2) is 20.6 Å². The van der Waals surface area contributed by atoms with Crippen molar-refractivity contribution < 1.29 is 9.90 Å². The van der Waals surface area contributed by atoms with Crippen LogP contribution in [0.4, 0.5) is 0 Å². The molecule has 0 saturated heterocycles. The lowest BCUT2D eigenvalue weighted by molar-refractivity contribution is 0.0691. The monoisotopic (exact) mass is 312 g/mol. The van der Waals surface area contributed by atoms with E-state index < -0.39 is 5.97 Å². The molecule has 0 aliphatic rings. The van der Waals surface area contributed by atoms with Gasteiger partial charge < -0.3 is 9.67 Å². The number of carbonyl (C=O) groups is 1. The van der Waals surface area contributed by atoms with Crippen LogP contribution in [-0.2, 0) is 0 Å². The van der Waals surface area contributed by atoms with Crippen molar-refractivity contribution in [1.82, 2.24) is 9.55 Å². The lowest BCUT2D eigenvalue weighted by Gasteiger charge is -2.11. The highest BCUT2D eigenvalue weighted by Crippen LogP contribution is 2.29. The third-order valence-corrected chi connectivity index (χ3v) is 3.74. The molecular weight excluding hydrogens is 300 g/mol. The number of benzene rings is 1. The number of halogens is 1. The number of aryl methyl sites for hydroxylation is 1. The van der Waals surface area contributed by atoms with Crippen LogP contribution < -0.4 is 0 Å². The van der Waals surface area contributed by atoms with Crippen LogP contribution in [0, 0.1) is 6.92 Å². The van der Waals surface area contributed by atoms with Crippen molar-refractivity contribution >= 4 is 17.6 Å². The minimum Gasteiger partial charge on any atom is -0.476 e. The minimum absolute atomic E-state index is 0.125. The van der Waals surface area contributed by atoms with Gasteiger partial charge in [-0.15, -0.1) is 0 Å². The Labute approximate surface area is 132 Å². The standard InChI is InChI=1S/C17H13ClN2O2/c1-11-4-6-12(7-5-11)13-10-14(20-8-2-3-9-20)15(18)16(19-13)17(21)22/h2-10H,1H3,(H,21,22). The fourth-order valence-corrected chi connectivity index (χ4v) is 2.49. The Kier molecular flexibility index (Phi) is 3.69. The topological polar surface area (TPSA) is 55.1 Å². The molecule has 4 nitrogen and oxygen atoms in total. The molecule has 1 aromatic carbocycles. The summed E-state index contributed by atoms with van der Waals surface area (Å²) in [5, 5.41) is 9.47. The average Bonchev–Trinajstić information content (AvgIpc) is 3.02. The van der Waals surface area contributed by atoms with Gasteiger partial charge in [-0.25, -0.2) is 9.78 Å². The van der Waals surface area contributed by atoms with E-state index in [1.54, 1.807) is 10.6 Å². The lowest BCUT2D eigenvalue weighted by Crippen LogP contribution is -2.06. The predicted octanol–water partition coefficient (Wildman–Crippen LogP) is 4.20. The number of carboxylic acid groups (broad SMARTS) is 1. The number of hydrogen-bond donors (Lipinski definition) is 1. The van der Waals surface area contributed by atoms with Crippen molar-refractivity contribution in [2.24, 2.45) is 0 Å². The molecule has 5 heteroatoms. The van der Waals surface area contributed by atoms with E-state index in [1.807, 2.05) is 55.7 Å². The second-order valence-corrected chi connectivity index (χ2v) is 5.33. The second-order valence-electron chi connectivity index (χ2n) is 4.95. The Morgan fingerprint density at radius 3 is 2.41 bits per heavy atom. The highest BCUT2D eigenvalue weighted by molar-refractivity contribution is 6.35. The molecule has 22 heavy (non-hydrogen) atoms. The molecular formula is C17H13ClN2O2. The predicted molar refractivity (Wildman–Crippen MR) is 85.7 cm³/mol. The molecule has 0 spiro atoms. The fraction of sp³-hybridized carbons (Fsp3) is 0.0588. The average molecular weight is 313 g/mol. The van der Waals surface area contributed by atoms with Crippen LogP contribution in [0.1, 0.15) is 16.1 Å². The Morgan fingerprint density at radius 1 is 1.18 bits per heavy atom. The normalized spacial score (nSPS) is 10.6. The highest BCUT2D eigenvalue weighted by atomic mass is 35.5. The van der Waals surface area contributed by atoms with Gasteiger partial charge in [0.2, 0.25) is 0 Å². The maximum atomic E-state index is 11.4. The third-order valence-electron chi connectivity index (χ3n) is 3.37. The van der Waals surface area contributed by atoms with Gasteiger partial charge in [0, 0.05) is 18.0 Å². The molecule has 2 heterocycles. The quantitative estimate of drug-likeness (QED) is 0.788. The molecule has 0 aliphatic heterocycles. The van der Waals surface area contributed by atoms with Crippen LogP contribution in [0.2, 0.25) is 5.02 Å². The number of hydrogen-bond acceptors (Lipinski definition) is 2. The molecule has 0 fully saturated rings. The van der Waals surface area contributed by atoms with Crippen LogP contribution in [0.25, 0.3) is 16.9 Å². The summed E-state index contributed by atoms with van der Waals surface area (Å²) >= 11 is 6.22. The van der Waals surface area contributed by atoms with Gasteiger partial charge in [-0.2, -0.15) is 0 Å². The smallest absolute Gasteiger partial charge is 0.356 e. The molecule has 0 atom stereocenters. The first-order chi connectivity index (χ1) is 10.6. The zero-order valence-corrected chi connectivity index (χ0v) is 12.6. The second kappa shape index (κ2) is 5.66. The molecule has 0 unspecified atom stereocenters. The van der Waals surface area contributed by atoms with E-state index in [9.17, 15) is 9.90 Å². The Hall–Kier alpha value is -2.59. The van der Waals surface area contributed by atoms with Crippen molar-refractivity contribution in [1.29, 1.82) is 0 Å². The number of aromatic carboxylic acids is 1. The maximum absolute atomic E-state index is 11.4. The van der Waals surface area contributed by atoms with E-state index in [1.165, 1.54) is 0 Å². The van der Waals surface area contributed by atoms with Crippen LogP contribution in [0.15, 0.2) is 54.9 Å². The largest absolute Gasteiger partial charge is 0.476 e. The molecule has 1 N–H and O–H groups in total. The number of carboxylic acids is 1. The highest BCUT2D eigenvalue weighted by Gasteiger charge is 2.18. The zero-order chi connectivity index (χ0) is 15.7. The molecule has 0 bridgehead atoms. The summed E-state index contributed by atoms with van der Waals surface area (Å²) < 4.78 is 1.77. The number of nitrogens with zero attached hydrogens (tertiary/aromatic N) is 2. The van der Waals surface area contributed by atoms with Crippen molar-refractivity contribution in [3.63, 3.8) is 0 Å².